The van der Waals surface area contributed by atoms with E-state index in [9.17, 15) is 19.5 Å². The highest BCUT2D eigenvalue weighted by atomic mass is 16.4. The molecule has 0 radical (unpaired) electrons. The minimum atomic E-state index is -1.17. The van der Waals surface area contributed by atoms with Crippen LogP contribution in [-0.2, 0) is 10.3 Å². The number of pyridine rings is 1. The Labute approximate surface area is 223 Å². The van der Waals surface area contributed by atoms with Crippen molar-refractivity contribution >= 4 is 23.7 Å². The first-order valence-electron chi connectivity index (χ1n) is 13.5. The topological polar surface area (TPSA) is 106 Å². The fraction of sp³-hybridized carbons (Fsp3) is 0.517. The number of carboxylic acids is 1. The maximum Gasteiger partial charge on any atom is 0.339 e. The van der Waals surface area contributed by atoms with Crippen molar-refractivity contribution in [2.75, 3.05) is 39.0 Å². The number of carboxylic acid groups (broad SMARTS) is 1. The number of carbonyl (C=O) groups is 3. The summed E-state index contributed by atoms with van der Waals surface area (Å²) in [6.45, 7) is 1.10. The summed E-state index contributed by atoms with van der Waals surface area (Å²) in [5.74, 6) is -1.09. The molecule has 0 atom stereocenters. The minimum Gasteiger partial charge on any atom is -0.478 e. The van der Waals surface area contributed by atoms with Crippen molar-refractivity contribution in [1.82, 2.24) is 19.7 Å². The highest BCUT2D eigenvalue weighted by Gasteiger charge is 2.55. The second kappa shape index (κ2) is 10.4. The van der Waals surface area contributed by atoms with Gasteiger partial charge in [0.2, 0.25) is 5.91 Å². The second-order valence-electron chi connectivity index (χ2n) is 11.3. The van der Waals surface area contributed by atoms with Gasteiger partial charge in [0.25, 0.3) is 0 Å². The van der Waals surface area contributed by atoms with Gasteiger partial charge < -0.3 is 20.2 Å². The molecular formula is C29H37N5O4. The molecule has 5 rings (SSSR count). The van der Waals surface area contributed by atoms with E-state index in [0.717, 1.165) is 45.1 Å². The van der Waals surface area contributed by atoms with Gasteiger partial charge in [-0.2, -0.15) is 0 Å². The van der Waals surface area contributed by atoms with Crippen molar-refractivity contribution in [3.8, 4) is 0 Å². The van der Waals surface area contributed by atoms with Crippen LogP contribution in [0.5, 0.6) is 0 Å². The van der Waals surface area contributed by atoms with Crippen LogP contribution in [0.2, 0.25) is 0 Å². The summed E-state index contributed by atoms with van der Waals surface area (Å²) < 4.78 is 0. The van der Waals surface area contributed by atoms with Gasteiger partial charge in [-0.15, -0.1) is 0 Å². The Hall–Kier alpha value is -3.46. The third kappa shape index (κ3) is 4.75. The first kappa shape index (κ1) is 26.2. The van der Waals surface area contributed by atoms with Gasteiger partial charge in [-0.05, 0) is 76.2 Å². The molecule has 38 heavy (non-hydrogen) atoms. The Morgan fingerprint density at radius 1 is 1.08 bits per heavy atom. The Balaban J connectivity index is 1.35. The van der Waals surface area contributed by atoms with Crippen LogP contribution in [0.1, 0.15) is 60.9 Å². The minimum absolute atomic E-state index is 0.00558. The Kier molecular flexibility index (Phi) is 7.13. The normalized spacial score (nSPS) is 25.6. The summed E-state index contributed by atoms with van der Waals surface area (Å²) >= 11 is 0. The van der Waals surface area contributed by atoms with E-state index in [0.29, 0.717) is 12.5 Å². The Bertz CT molecular complexity index is 1190. The number of anilines is 1. The largest absolute Gasteiger partial charge is 0.478 e. The van der Waals surface area contributed by atoms with Crippen LogP contribution in [0.25, 0.3) is 0 Å². The lowest BCUT2D eigenvalue weighted by Gasteiger charge is -2.51. The van der Waals surface area contributed by atoms with Gasteiger partial charge >= 0.3 is 12.0 Å². The number of carbonyl (C=O) groups excluding carboxylic acids is 2. The lowest BCUT2D eigenvalue weighted by atomic mass is 9.68. The maximum atomic E-state index is 13.7. The molecule has 2 aromatic rings. The highest BCUT2D eigenvalue weighted by Crippen LogP contribution is 2.49. The molecule has 1 aromatic carbocycles. The van der Waals surface area contributed by atoms with Gasteiger partial charge in [0, 0.05) is 24.8 Å². The summed E-state index contributed by atoms with van der Waals surface area (Å²) in [5, 5.41) is 12.0. The second-order valence-corrected chi connectivity index (χ2v) is 11.3. The van der Waals surface area contributed by atoms with Crippen molar-refractivity contribution in [3.05, 3.63) is 59.8 Å². The van der Waals surface area contributed by atoms with Gasteiger partial charge in [-0.25, -0.2) is 14.6 Å². The van der Waals surface area contributed by atoms with Gasteiger partial charge in [0.15, 0.2) is 0 Å². The SMILES string of the molecule is CN(C)C1(c2ccccc2)CCC2(CC1)CN(CC(=O)Nc1ncccc1C(=O)O)C(=O)N2CC1CCC1. The molecule has 9 heteroatoms. The average molecular weight is 520 g/mol. The molecule has 9 nitrogen and oxygen atoms in total. The predicted molar refractivity (Wildman–Crippen MR) is 144 cm³/mol. The van der Waals surface area contributed by atoms with Crippen LogP contribution in [0.15, 0.2) is 48.7 Å². The van der Waals surface area contributed by atoms with E-state index in [1.165, 1.54) is 30.3 Å². The number of urea groups is 1. The lowest BCUT2D eigenvalue weighted by molar-refractivity contribution is -0.116. The van der Waals surface area contributed by atoms with Crippen molar-refractivity contribution in [1.29, 1.82) is 0 Å². The van der Waals surface area contributed by atoms with E-state index < -0.39 is 11.9 Å². The van der Waals surface area contributed by atoms with Crippen molar-refractivity contribution in [3.63, 3.8) is 0 Å². The molecular weight excluding hydrogens is 482 g/mol. The van der Waals surface area contributed by atoms with E-state index in [1.54, 1.807) is 4.90 Å². The molecule has 2 heterocycles. The molecule has 3 fully saturated rings. The van der Waals surface area contributed by atoms with Crippen molar-refractivity contribution in [2.24, 2.45) is 5.92 Å². The first-order valence-corrected chi connectivity index (χ1v) is 13.5. The number of aromatic nitrogens is 1. The summed E-state index contributed by atoms with van der Waals surface area (Å²) in [7, 11) is 4.27. The van der Waals surface area contributed by atoms with Gasteiger partial charge in [0.05, 0.1) is 5.54 Å². The van der Waals surface area contributed by atoms with Crippen LogP contribution in [0.3, 0.4) is 0 Å². The molecule has 1 aromatic heterocycles. The lowest BCUT2D eigenvalue weighted by Crippen LogP contribution is -2.56. The monoisotopic (exact) mass is 519 g/mol. The molecule has 1 spiro atoms. The number of benzene rings is 1. The number of aromatic carboxylic acids is 1. The molecule has 2 N–H and O–H groups in total. The molecule has 3 aliphatic rings. The third-order valence-corrected chi connectivity index (χ3v) is 9.03. The van der Waals surface area contributed by atoms with Crippen LogP contribution < -0.4 is 5.32 Å². The van der Waals surface area contributed by atoms with E-state index >= 15 is 0 Å². The van der Waals surface area contributed by atoms with Gasteiger partial charge in [0.1, 0.15) is 17.9 Å². The van der Waals surface area contributed by atoms with Gasteiger partial charge in [-0.1, -0.05) is 36.8 Å². The van der Waals surface area contributed by atoms with Crippen LogP contribution in [-0.4, -0.2) is 82.0 Å². The smallest absolute Gasteiger partial charge is 0.339 e. The zero-order chi connectivity index (χ0) is 26.9. The predicted octanol–water partition coefficient (Wildman–Crippen LogP) is 4.03. The number of amides is 3. The number of nitrogens with zero attached hydrogens (tertiary/aromatic N) is 4. The van der Waals surface area contributed by atoms with Crippen LogP contribution >= 0.6 is 0 Å². The van der Waals surface area contributed by atoms with E-state index in [2.05, 4.69) is 58.5 Å². The van der Waals surface area contributed by atoms with Crippen molar-refractivity contribution < 1.29 is 19.5 Å². The molecule has 2 saturated carbocycles. The third-order valence-electron chi connectivity index (χ3n) is 9.03. The number of rotatable bonds is 8. The quantitative estimate of drug-likeness (QED) is 0.546. The number of hydrogen-bond donors (Lipinski definition) is 2. The van der Waals surface area contributed by atoms with E-state index in [1.807, 2.05) is 6.07 Å². The zero-order valence-electron chi connectivity index (χ0n) is 22.2. The summed E-state index contributed by atoms with van der Waals surface area (Å²) in [5.41, 5.74) is 0.827. The molecule has 1 aliphatic heterocycles. The molecule has 1 saturated heterocycles. The molecule has 0 bridgehead atoms. The Morgan fingerprint density at radius 3 is 2.39 bits per heavy atom. The summed E-state index contributed by atoms with van der Waals surface area (Å²) in [6.07, 6.45) is 8.50. The van der Waals surface area contributed by atoms with E-state index in [-0.39, 0.29) is 35.0 Å². The molecule has 3 amide bonds. The maximum absolute atomic E-state index is 13.7. The average Bonchev–Trinajstić information content (AvgIpc) is 3.12. The molecule has 2 aliphatic carbocycles. The molecule has 202 valence electrons. The standard InChI is InChI=1S/C29H37N5O4/c1-32(2)29(22-10-4-3-5-11-22)15-13-28(14-16-29)20-33(27(38)34(28)18-21-8-6-9-21)19-24(35)31-25-23(26(36)37)12-7-17-30-25/h3-5,7,10-12,17,21H,6,8-9,13-16,18-20H2,1-2H3,(H,36,37)(H,30,31,35). The van der Waals surface area contributed by atoms with Gasteiger partial charge in [-0.3, -0.25) is 9.69 Å². The van der Waals surface area contributed by atoms with Crippen molar-refractivity contribution in [2.45, 2.75) is 56.0 Å². The number of hydrogen-bond acceptors (Lipinski definition) is 5. The van der Waals surface area contributed by atoms with Crippen LogP contribution in [0.4, 0.5) is 10.6 Å². The fourth-order valence-corrected chi connectivity index (χ4v) is 6.53. The first-order chi connectivity index (χ1) is 18.2. The summed E-state index contributed by atoms with van der Waals surface area (Å²) in [6, 6.07) is 13.4. The highest BCUT2D eigenvalue weighted by molar-refractivity contribution is 6.00. The zero-order valence-corrected chi connectivity index (χ0v) is 22.2. The van der Waals surface area contributed by atoms with Crippen LogP contribution in [0, 0.1) is 5.92 Å². The number of nitrogens with one attached hydrogen (secondary N) is 1. The fourth-order valence-electron chi connectivity index (χ4n) is 6.53. The molecule has 0 unspecified atom stereocenters. The summed E-state index contributed by atoms with van der Waals surface area (Å²) in [4.78, 5) is 48.3. The Morgan fingerprint density at radius 2 is 1.79 bits per heavy atom. The van der Waals surface area contributed by atoms with E-state index in [4.69, 9.17) is 0 Å².